The van der Waals surface area contributed by atoms with Crippen molar-refractivity contribution < 1.29 is 9.84 Å². The molecule has 0 spiro atoms. The van der Waals surface area contributed by atoms with Crippen molar-refractivity contribution in [2.24, 2.45) is 5.92 Å². The fourth-order valence-corrected chi connectivity index (χ4v) is 4.92. The average molecular weight is 421 g/mol. The van der Waals surface area contributed by atoms with Crippen LogP contribution in [-0.4, -0.2) is 16.5 Å². The summed E-state index contributed by atoms with van der Waals surface area (Å²) in [5.74, 6) is 2.33. The zero-order valence-electron chi connectivity index (χ0n) is 19.5. The van der Waals surface area contributed by atoms with Crippen LogP contribution in [0.3, 0.4) is 0 Å². The number of phenols is 1. The van der Waals surface area contributed by atoms with E-state index >= 15 is 0 Å². The third kappa shape index (κ3) is 7.42. The average Bonchev–Trinajstić information content (AvgIpc) is 2.69. The first-order chi connectivity index (χ1) is 13.8. The van der Waals surface area contributed by atoms with Gasteiger partial charge >= 0.3 is 0 Å². The molecule has 2 rings (SSSR count). The largest absolute Gasteiger partial charge is 0.507 e. The monoisotopic (exact) mass is 420 g/mol. The smallest absolute Gasteiger partial charge is 0.126 e. The van der Waals surface area contributed by atoms with Crippen LogP contribution in [0.1, 0.15) is 107 Å². The lowest BCUT2D eigenvalue weighted by molar-refractivity contribution is 0.158. The van der Waals surface area contributed by atoms with Gasteiger partial charge in [-0.2, -0.15) is 12.6 Å². The van der Waals surface area contributed by atoms with Crippen LogP contribution >= 0.6 is 12.6 Å². The molecule has 1 aromatic rings. The van der Waals surface area contributed by atoms with Gasteiger partial charge in [0.05, 0.1) is 6.10 Å². The van der Waals surface area contributed by atoms with Crippen LogP contribution in [0, 0.1) is 26.7 Å². The van der Waals surface area contributed by atoms with Crippen molar-refractivity contribution in [1.82, 2.24) is 0 Å². The molecule has 0 aliphatic carbocycles. The first-order valence-electron chi connectivity index (χ1n) is 12.0. The quantitative estimate of drug-likeness (QED) is 0.266. The molecule has 1 N–H and O–H groups in total. The van der Waals surface area contributed by atoms with Gasteiger partial charge < -0.3 is 9.84 Å². The van der Waals surface area contributed by atoms with E-state index in [-0.39, 0.29) is 0 Å². The van der Waals surface area contributed by atoms with Gasteiger partial charge in [-0.1, -0.05) is 52.4 Å². The van der Waals surface area contributed by atoms with E-state index in [0.29, 0.717) is 17.1 Å². The van der Waals surface area contributed by atoms with Gasteiger partial charge in [0.25, 0.3) is 0 Å². The summed E-state index contributed by atoms with van der Waals surface area (Å²) in [7, 11) is 0. The van der Waals surface area contributed by atoms with Gasteiger partial charge in [-0.3, -0.25) is 0 Å². The van der Waals surface area contributed by atoms with Crippen molar-refractivity contribution in [2.45, 2.75) is 123 Å². The maximum atomic E-state index is 10.3. The zero-order valence-corrected chi connectivity index (χ0v) is 20.4. The number of unbranched alkanes of at least 4 members (excludes halogenated alkanes) is 4. The fraction of sp³-hybridized carbons (Fsp3) is 0.769. The second kappa shape index (κ2) is 12.1. The lowest BCUT2D eigenvalue weighted by Crippen LogP contribution is -2.24. The van der Waals surface area contributed by atoms with Gasteiger partial charge in [-0.15, -0.1) is 0 Å². The Bertz CT molecular complexity index is 638. The number of phenolic OH excluding ortho intramolecular Hbond substituents is 1. The van der Waals surface area contributed by atoms with E-state index in [1.54, 1.807) is 0 Å². The maximum Gasteiger partial charge on any atom is 0.126 e. The molecular weight excluding hydrogens is 376 g/mol. The molecule has 1 heterocycles. The van der Waals surface area contributed by atoms with E-state index in [1.807, 2.05) is 13.8 Å². The highest BCUT2D eigenvalue weighted by Crippen LogP contribution is 2.41. The summed E-state index contributed by atoms with van der Waals surface area (Å²) in [6.07, 6.45) is 15.4. The van der Waals surface area contributed by atoms with E-state index < -0.39 is 0 Å². The number of thiol groups is 1. The second-order valence-electron chi connectivity index (χ2n) is 9.63. The highest BCUT2D eigenvalue weighted by Gasteiger charge is 2.25. The summed E-state index contributed by atoms with van der Waals surface area (Å²) in [5.41, 5.74) is 4.28. The Balaban J connectivity index is 1.64. The number of fused-ring (bicyclic) bond motifs is 1. The third-order valence-electron chi connectivity index (χ3n) is 6.72. The third-order valence-corrected chi connectivity index (χ3v) is 7.24. The Hall–Kier alpha value is -0.830. The molecule has 0 radical (unpaired) electrons. The van der Waals surface area contributed by atoms with Crippen LogP contribution in [0.25, 0.3) is 0 Å². The van der Waals surface area contributed by atoms with Crippen LogP contribution in [0.15, 0.2) is 0 Å². The topological polar surface area (TPSA) is 29.5 Å². The van der Waals surface area contributed by atoms with Gasteiger partial charge in [0.1, 0.15) is 11.5 Å². The molecule has 1 aliphatic heterocycles. The van der Waals surface area contributed by atoms with Crippen LogP contribution < -0.4 is 4.74 Å². The molecule has 29 heavy (non-hydrogen) atoms. The van der Waals surface area contributed by atoms with E-state index in [1.165, 1.54) is 63.4 Å². The van der Waals surface area contributed by atoms with Crippen LogP contribution in [0.2, 0.25) is 0 Å². The molecule has 166 valence electrons. The van der Waals surface area contributed by atoms with E-state index in [9.17, 15) is 5.11 Å². The highest BCUT2D eigenvalue weighted by atomic mass is 32.1. The summed E-state index contributed by atoms with van der Waals surface area (Å²) in [6, 6.07) is 0. The SMILES string of the molecule is Cc1c(C)c2c(c(C)c1O)CCC(CCCC(S)CCCCCCCC(C)C)O2. The Labute approximate surface area is 185 Å². The van der Waals surface area contributed by atoms with Crippen molar-refractivity contribution in [3.63, 3.8) is 0 Å². The maximum absolute atomic E-state index is 10.3. The Kier molecular flexibility index (Phi) is 10.2. The molecule has 0 fully saturated rings. The Morgan fingerprint density at radius 2 is 1.52 bits per heavy atom. The first-order valence-corrected chi connectivity index (χ1v) is 12.5. The Morgan fingerprint density at radius 3 is 2.21 bits per heavy atom. The summed E-state index contributed by atoms with van der Waals surface area (Å²) < 4.78 is 6.38. The fourth-order valence-electron chi connectivity index (χ4n) is 4.55. The minimum Gasteiger partial charge on any atom is -0.507 e. The van der Waals surface area contributed by atoms with E-state index in [4.69, 9.17) is 17.4 Å². The summed E-state index contributed by atoms with van der Waals surface area (Å²) in [6.45, 7) is 10.7. The van der Waals surface area contributed by atoms with Gasteiger partial charge in [0.15, 0.2) is 0 Å². The van der Waals surface area contributed by atoms with Crippen LogP contribution in [0.4, 0.5) is 0 Å². The lowest BCUT2D eigenvalue weighted by atomic mass is 9.90. The number of aromatic hydroxyl groups is 1. The molecule has 2 nitrogen and oxygen atoms in total. The van der Waals surface area contributed by atoms with Crippen LogP contribution in [0.5, 0.6) is 11.5 Å². The summed E-state index contributed by atoms with van der Waals surface area (Å²) in [4.78, 5) is 0. The normalized spacial score (nSPS) is 17.3. The number of rotatable bonds is 12. The molecule has 0 bridgehead atoms. The van der Waals surface area contributed by atoms with Gasteiger partial charge in [-0.25, -0.2) is 0 Å². The molecule has 3 heteroatoms. The minimum absolute atomic E-state index is 0.311. The molecule has 1 aliphatic rings. The number of ether oxygens (including phenoxy) is 1. The molecule has 2 atom stereocenters. The summed E-state index contributed by atoms with van der Waals surface area (Å²) >= 11 is 4.83. The van der Waals surface area contributed by atoms with Crippen LogP contribution in [-0.2, 0) is 6.42 Å². The molecule has 1 aromatic carbocycles. The standard InChI is InChI=1S/C26H44O2S/c1-18(2)12-9-7-6-8-10-14-23(29)15-11-13-22-16-17-24-21(5)25(27)19(3)20(4)26(24)28-22/h18,22-23,27,29H,6-17H2,1-5H3. The number of benzene rings is 1. The minimum atomic E-state index is 0.311. The molecule has 0 aromatic heterocycles. The van der Waals surface area contributed by atoms with Crippen molar-refractivity contribution in [2.75, 3.05) is 0 Å². The zero-order chi connectivity index (χ0) is 21.4. The molecule has 2 unspecified atom stereocenters. The number of hydrogen-bond acceptors (Lipinski definition) is 3. The van der Waals surface area contributed by atoms with Gasteiger partial charge in [0, 0.05) is 10.8 Å². The van der Waals surface area contributed by atoms with Crippen molar-refractivity contribution >= 4 is 12.6 Å². The summed E-state index contributed by atoms with van der Waals surface area (Å²) in [5, 5.41) is 10.8. The van der Waals surface area contributed by atoms with Crippen molar-refractivity contribution in [3.8, 4) is 11.5 Å². The number of hydrogen-bond donors (Lipinski definition) is 2. The highest BCUT2D eigenvalue weighted by molar-refractivity contribution is 7.80. The van der Waals surface area contributed by atoms with E-state index in [0.717, 1.165) is 47.6 Å². The second-order valence-corrected chi connectivity index (χ2v) is 10.4. The molecule has 0 amide bonds. The van der Waals surface area contributed by atoms with Crippen molar-refractivity contribution in [1.29, 1.82) is 0 Å². The van der Waals surface area contributed by atoms with Crippen molar-refractivity contribution in [3.05, 3.63) is 22.3 Å². The van der Waals surface area contributed by atoms with Gasteiger partial charge in [0.2, 0.25) is 0 Å². The predicted molar refractivity (Wildman–Crippen MR) is 129 cm³/mol. The Morgan fingerprint density at radius 1 is 0.897 bits per heavy atom. The first kappa shape index (κ1) is 24.4. The van der Waals surface area contributed by atoms with E-state index in [2.05, 4.69) is 20.8 Å². The lowest BCUT2D eigenvalue weighted by Gasteiger charge is -2.30. The molecule has 0 saturated carbocycles. The predicted octanol–water partition coefficient (Wildman–Crippen LogP) is 7.87. The molecule has 0 saturated heterocycles. The van der Waals surface area contributed by atoms with Gasteiger partial charge in [-0.05, 0) is 81.9 Å². The molecular formula is C26H44O2S.